The molecule has 0 saturated carbocycles. The van der Waals surface area contributed by atoms with Crippen molar-refractivity contribution in [2.45, 2.75) is 11.4 Å². The quantitative estimate of drug-likeness (QED) is 0.301. The second-order valence-corrected chi connectivity index (χ2v) is 9.16. The maximum atomic E-state index is 13.6. The standard InChI is InChI=1S/C21H22N4O6S/c1-23(2)19-7-3-6-18-17(19)5-4-8-20(18)32(30,31)24(14-21(26)22-27)13-15-9-11-16(12-10-15)25(28)29/h3-12,27H,13-14H2,1-2H3,(H,22,26). The molecule has 32 heavy (non-hydrogen) atoms. The minimum absolute atomic E-state index is 0.00588. The molecule has 0 radical (unpaired) electrons. The van der Waals surface area contributed by atoms with Crippen LogP contribution in [0.4, 0.5) is 11.4 Å². The highest BCUT2D eigenvalue weighted by molar-refractivity contribution is 7.89. The number of carbonyl (C=O) groups excluding carboxylic acids is 1. The highest BCUT2D eigenvalue weighted by Gasteiger charge is 2.29. The summed E-state index contributed by atoms with van der Waals surface area (Å²) in [6.45, 7) is -0.864. The molecule has 0 spiro atoms. The lowest BCUT2D eigenvalue weighted by Crippen LogP contribution is -2.39. The van der Waals surface area contributed by atoms with Crippen molar-refractivity contribution < 1.29 is 23.3 Å². The van der Waals surface area contributed by atoms with Crippen LogP contribution in [0.3, 0.4) is 0 Å². The van der Waals surface area contributed by atoms with E-state index in [1.54, 1.807) is 18.2 Å². The predicted molar refractivity (Wildman–Crippen MR) is 119 cm³/mol. The lowest BCUT2D eigenvalue weighted by atomic mass is 10.1. The number of benzene rings is 3. The zero-order valence-electron chi connectivity index (χ0n) is 17.4. The number of hydroxylamine groups is 1. The number of carbonyl (C=O) groups is 1. The van der Waals surface area contributed by atoms with Gasteiger partial charge < -0.3 is 4.90 Å². The Hall–Kier alpha value is -3.54. The van der Waals surface area contributed by atoms with E-state index in [0.717, 1.165) is 15.4 Å². The number of sulfonamides is 1. The van der Waals surface area contributed by atoms with Crippen molar-refractivity contribution in [2.24, 2.45) is 0 Å². The molecule has 3 aromatic rings. The van der Waals surface area contributed by atoms with Crippen molar-refractivity contribution in [3.8, 4) is 0 Å². The fourth-order valence-electron chi connectivity index (χ4n) is 3.37. The van der Waals surface area contributed by atoms with E-state index < -0.39 is 27.4 Å². The van der Waals surface area contributed by atoms with Crippen molar-refractivity contribution in [2.75, 3.05) is 25.5 Å². The molecule has 1 amide bonds. The van der Waals surface area contributed by atoms with Gasteiger partial charge in [0.25, 0.3) is 11.6 Å². The Balaban J connectivity index is 2.08. The summed E-state index contributed by atoms with van der Waals surface area (Å²) in [7, 11) is -0.492. The summed E-state index contributed by atoms with van der Waals surface area (Å²) < 4.78 is 28.1. The number of fused-ring (bicyclic) bond motifs is 1. The van der Waals surface area contributed by atoms with E-state index in [-0.39, 0.29) is 17.1 Å². The third-order valence-electron chi connectivity index (χ3n) is 4.91. The zero-order chi connectivity index (χ0) is 23.5. The van der Waals surface area contributed by atoms with Crippen LogP contribution in [0, 0.1) is 10.1 Å². The first kappa shape index (κ1) is 23.1. The highest BCUT2D eigenvalue weighted by atomic mass is 32.2. The molecule has 3 aromatic carbocycles. The first-order valence-corrected chi connectivity index (χ1v) is 10.9. The topological polar surface area (TPSA) is 133 Å². The van der Waals surface area contributed by atoms with Crippen molar-refractivity contribution in [1.82, 2.24) is 9.79 Å². The summed E-state index contributed by atoms with van der Waals surface area (Å²) in [6.07, 6.45) is 0. The van der Waals surface area contributed by atoms with Gasteiger partial charge in [-0.25, -0.2) is 13.9 Å². The van der Waals surface area contributed by atoms with Crippen LogP contribution < -0.4 is 10.4 Å². The Bertz CT molecular complexity index is 1260. The van der Waals surface area contributed by atoms with Gasteiger partial charge in [-0.05, 0) is 17.7 Å². The van der Waals surface area contributed by atoms with Crippen LogP contribution in [0.1, 0.15) is 5.56 Å². The van der Waals surface area contributed by atoms with Gasteiger partial charge in [0.2, 0.25) is 10.0 Å². The van der Waals surface area contributed by atoms with Gasteiger partial charge in [0.05, 0.1) is 16.4 Å². The molecule has 0 unspecified atom stereocenters. The average Bonchev–Trinajstić information content (AvgIpc) is 2.77. The molecule has 3 rings (SSSR count). The molecule has 0 aromatic heterocycles. The number of nitro groups is 1. The van der Waals surface area contributed by atoms with E-state index in [4.69, 9.17) is 5.21 Å². The van der Waals surface area contributed by atoms with Gasteiger partial charge in [0.15, 0.2) is 0 Å². The monoisotopic (exact) mass is 458 g/mol. The smallest absolute Gasteiger partial charge is 0.269 e. The van der Waals surface area contributed by atoms with Crippen LogP contribution in [0.5, 0.6) is 0 Å². The van der Waals surface area contributed by atoms with E-state index in [0.29, 0.717) is 10.9 Å². The summed E-state index contributed by atoms with van der Waals surface area (Å²) >= 11 is 0. The van der Waals surface area contributed by atoms with E-state index in [2.05, 4.69) is 0 Å². The Kier molecular flexibility index (Phi) is 6.72. The minimum atomic E-state index is -4.19. The summed E-state index contributed by atoms with van der Waals surface area (Å²) in [4.78, 5) is 24.1. The summed E-state index contributed by atoms with van der Waals surface area (Å²) in [5.41, 5.74) is 2.58. The van der Waals surface area contributed by atoms with Gasteiger partial charge in [-0.15, -0.1) is 0 Å². The molecule has 0 bridgehead atoms. The van der Waals surface area contributed by atoms with E-state index in [1.165, 1.54) is 35.8 Å². The molecular weight excluding hydrogens is 436 g/mol. The Morgan fingerprint density at radius 3 is 2.25 bits per heavy atom. The molecule has 168 valence electrons. The maximum absolute atomic E-state index is 13.6. The van der Waals surface area contributed by atoms with Crippen LogP contribution >= 0.6 is 0 Å². The molecule has 2 N–H and O–H groups in total. The molecule has 0 atom stereocenters. The summed E-state index contributed by atoms with van der Waals surface area (Å²) in [5.74, 6) is -0.912. The Morgan fingerprint density at radius 1 is 1.03 bits per heavy atom. The number of hydrogen-bond donors (Lipinski definition) is 2. The SMILES string of the molecule is CN(C)c1cccc2c(S(=O)(=O)N(CC(=O)NO)Cc3ccc([N+](=O)[O-])cc3)cccc12. The van der Waals surface area contributed by atoms with Crippen LogP contribution in [0.15, 0.2) is 65.6 Å². The van der Waals surface area contributed by atoms with Gasteiger partial charge in [-0.3, -0.25) is 20.1 Å². The van der Waals surface area contributed by atoms with E-state index in [9.17, 15) is 23.3 Å². The van der Waals surface area contributed by atoms with Crippen LogP contribution in [-0.2, 0) is 21.4 Å². The number of amides is 1. The van der Waals surface area contributed by atoms with E-state index >= 15 is 0 Å². The van der Waals surface area contributed by atoms with Crippen LogP contribution in [0.2, 0.25) is 0 Å². The molecule has 0 fully saturated rings. The van der Waals surface area contributed by atoms with Gasteiger partial charge in [0, 0.05) is 49.2 Å². The average molecular weight is 458 g/mol. The lowest BCUT2D eigenvalue weighted by molar-refractivity contribution is -0.384. The number of nitrogens with one attached hydrogen (secondary N) is 1. The predicted octanol–water partition coefficient (Wildman–Crippen LogP) is 2.51. The van der Waals surface area contributed by atoms with Crippen molar-refractivity contribution in [3.63, 3.8) is 0 Å². The summed E-state index contributed by atoms with van der Waals surface area (Å²) in [6, 6.07) is 15.5. The molecule has 11 heteroatoms. The first-order chi connectivity index (χ1) is 15.1. The third kappa shape index (κ3) is 4.69. The van der Waals surface area contributed by atoms with Crippen LogP contribution in [0.25, 0.3) is 10.8 Å². The number of nitrogens with zero attached hydrogens (tertiary/aromatic N) is 3. The van der Waals surface area contributed by atoms with E-state index in [1.807, 2.05) is 31.1 Å². The summed E-state index contributed by atoms with van der Waals surface area (Å²) in [5, 5.41) is 21.0. The normalized spacial score (nSPS) is 11.5. The zero-order valence-corrected chi connectivity index (χ0v) is 18.2. The van der Waals surface area contributed by atoms with Gasteiger partial charge in [0.1, 0.15) is 0 Å². The molecule has 0 heterocycles. The van der Waals surface area contributed by atoms with Gasteiger partial charge in [-0.1, -0.05) is 36.4 Å². The number of anilines is 1. The molecular formula is C21H22N4O6S. The second-order valence-electron chi connectivity index (χ2n) is 7.25. The molecule has 0 saturated heterocycles. The largest absolute Gasteiger partial charge is 0.377 e. The molecule has 0 aliphatic rings. The van der Waals surface area contributed by atoms with Crippen LogP contribution in [-0.4, -0.2) is 49.4 Å². The molecule has 0 aliphatic heterocycles. The lowest BCUT2D eigenvalue weighted by Gasteiger charge is -2.23. The highest BCUT2D eigenvalue weighted by Crippen LogP contribution is 2.32. The fourth-order valence-corrected chi connectivity index (χ4v) is 4.96. The number of nitro benzene ring substituents is 1. The number of rotatable bonds is 8. The van der Waals surface area contributed by atoms with Gasteiger partial charge in [-0.2, -0.15) is 4.31 Å². The Labute approximate surface area is 184 Å². The molecule has 10 nitrogen and oxygen atoms in total. The first-order valence-electron chi connectivity index (χ1n) is 9.50. The molecule has 0 aliphatic carbocycles. The van der Waals surface area contributed by atoms with Crippen molar-refractivity contribution in [1.29, 1.82) is 0 Å². The number of hydrogen-bond acceptors (Lipinski definition) is 7. The third-order valence-corrected chi connectivity index (χ3v) is 6.76. The minimum Gasteiger partial charge on any atom is -0.377 e. The number of non-ortho nitro benzene ring substituents is 1. The van der Waals surface area contributed by atoms with Crippen molar-refractivity contribution >= 4 is 38.1 Å². The Morgan fingerprint density at radius 2 is 1.66 bits per heavy atom. The van der Waals surface area contributed by atoms with Gasteiger partial charge >= 0.3 is 0 Å². The fraction of sp³-hybridized carbons (Fsp3) is 0.190. The second kappa shape index (κ2) is 9.30. The maximum Gasteiger partial charge on any atom is 0.269 e. The van der Waals surface area contributed by atoms with Crippen molar-refractivity contribution in [3.05, 3.63) is 76.3 Å².